The summed E-state index contributed by atoms with van der Waals surface area (Å²) in [7, 11) is 0. The van der Waals surface area contributed by atoms with Gasteiger partial charge in [0.15, 0.2) is 0 Å². The minimum Gasteiger partial charge on any atom is -0.343 e. The lowest BCUT2D eigenvalue weighted by molar-refractivity contribution is -0.129. The van der Waals surface area contributed by atoms with E-state index in [0.717, 1.165) is 31.8 Å². The second-order valence-corrected chi connectivity index (χ2v) is 5.67. The van der Waals surface area contributed by atoms with Gasteiger partial charge < -0.3 is 10.2 Å². The van der Waals surface area contributed by atoms with Crippen molar-refractivity contribution in [2.24, 2.45) is 5.92 Å². The van der Waals surface area contributed by atoms with E-state index in [4.69, 9.17) is 0 Å². The van der Waals surface area contributed by atoms with Gasteiger partial charge in [-0.3, -0.25) is 4.79 Å². The SMILES string of the molecule is CC(=O)N1CCC(NCCC2CCCC2)CC1. The van der Waals surface area contributed by atoms with E-state index < -0.39 is 0 Å². The second-order valence-electron chi connectivity index (χ2n) is 5.67. The van der Waals surface area contributed by atoms with E-state index in [1.807, 2.05) is 4.90 Å². The zero-order valence-corrected chi connectivity index (χ0v) is 11.1. The minimum absolute atomic E-state index is 0.231. The molecule has 0 aromatic carbocycles. The van der Waals surface area contributed by atoms with Crippen LogP contribution in [-0.2, 0) is 4.79 Å². The van der Waals surface area contributed by atoms with Crippen molar-refractivity contribution in [1.29, 1.82) is 0 Å². The lowest BCUT2D eigenvalue weighted by Crippen LogP contribution is -2.44. The van der Waals surface area contributed by atoms with Crippen LogP contribution in [0.25, 0.3) is 0 Å². The Bertz CT molecular complexity index is 241. The third kappa shape index (κ3) is 3.98. The van der Waals surface area contributed by atoms with Crippen molar-refractivity contribution in [3.63, 3.8) is 0 Å². The van der Waals surface area contributed by atoms with Gasteiger partial charge in [0.05, 0.1) is 0 Å². The molecule has 0 atom stereocenters. The molecule has 0 aromatic rings. The molecule has 0 spiro atoms. The van der Waals surface area contributed by atoms with Crippen molar-refractivity contribution >= 4 is 5.91 Å². The fourth-order valence-electron chi connectivity index (χ4n) is 3.19. The van der Waals surface area contributed by atoms with E-state index in [-0.39, 0.29) is 5.91 Å². The van der Waals surface area contributed by atoms with Gasteiger partial charge in [-0.05, 0) is 31.7 Å². The first-order valence-electron chi connectivity index (χ1n) is 7.24. The zero-order valence-electron chi connectivity index (χ0n) is 11.1. The number of likely N-dealkylation sites (tertiary alicyclic amines) is 1. The van der Waals surface area contributed by atoms with Gasteiger partial charge in [0.25, 0.3) is 0 Å². The van der Waals surface area contributed by atoms with Crippen LogP contribution in [0.2, 0.25) is 0 Å². The molecular weight excluding hydrogens is 212 g/mol. The zero-order chi connectivity index (χ0) is 12.1. The molecule has 0 aromatic heterocycles. The average Bonchev–Trinajstić information content (AvgIpc) is 2.83. The summed E-state index contributed by atoms with van der Waals surface area (Å²) in [6.07, 6.45) is 9.40. The molecule has 1 heterocycles. The standard InChI is InChI=1S/C14H26N2O/c1-12(17)16-10-7-14(8-11-16)15-9-6-13-4-2-3-5-13/h13-15H,2-11H2,1H3. The first kappa shape index (κ1) is 12.9. The molecule has 1 saturated carbocycles. The molecule has 1 N–H and O–H groups in total. The largest absolute Gasteiger partial charge is 0.343 e. The van der Waals surface area contributed by atoms with Crippen LogP contribution in [0.4, 0.5) is 0 Å². The quantitative estimate of drug-likeness (QED) is 0.814. The van der Waals surface area contributed by atoms with Gasteiger partial charge in [0, 0.05) is 26.1 Å². The molecule has 3 heteroatoms. The van der Waals surface area contributed by atoms with Crippen LogP contribution in [0.3, 0.4) is 0 Å². The lowest BCUT2D eigenvalue weighted by Gasteiger charge is -2.32. The van der Waals surface area contributed by atoms with Crippen molar-refractivity contribution < 1.29 is 4.79 Å². The van der Waals surface area contributed by atoms with Crippen LogP contribution in [0, 0.1) is 5.92 Å². The van der Waals surface area contributed by atoms with Crippen molar-refractivity contribution in [1.82, 2.24) is 10.2 Å². The summed E-state index contributed by atoms with van der Waals surface area (Å²) in [5.74, 6) is 1.22. The Balaban J connectivity index is 1.56. The third-order valence-electron chi connectivity index (χ3n) is 4.40. The van der Waals surface area contributed by atoms with Crippen molar-refractivity contribution in [2.75, 3.05) is 19.6 Å². The second kappa shape index (κ2) is 6.39. The van der Waals surface area contributed by atoms with E-state index in [2.05, 4.69) is 5.32 Å². The highest BCUT2D eigenvalue weighted by Crippen LogP contribution is 2.27. The molecule has 98 valence electrons. The molecule has 2 fully saturated rings. The summed E-state index contributed by atoms with van der Waals surface area (Å²) >= 11 is 0. The molecular formula is C14H26N2O. The summed E-state index contributed by atoms with van der Waals surface area (Å²) in [6, 6.07) is 0.645. The van der Waals surface area contributed by atoms with Gasteiger partial charge in [-0.1, -0.05) is 25.7 Å². The maximum absolute atomic E-state index is 11.2. The molecule has 0 unspecified atom stereocenters. The predicted molar refractivity (Wildman–Crippen MR) is 69.9 cm³/mol. The maximum atomic E-state index is 11.2. The Morgan fingerprint density at radius 1 is 1.18 bits per heavy atom. The number of carbonyl (C=O) groups excluding carboxylic acids is 1. The average molecular weight is 238 g/mol. The van der Waals surface area contributed by atoms with Gasteiger partial charge in [-0.25, -0.2) is 0 Å². The molecule has 3 nitrogen and oxygen atoms in total. The third-order valence-corrected chi connectivity index (χ3v) is 4.40. The summed E-state index contributed by atoms with van der Waals surface area (Å²) in [5, 5.41) is 3.67. The highest BCUT2D eigenvalue weighted by molar-refractivity contribution is 5.73. The summed E-state index contributed by atoms with van der Waals surface area (Å²) < 4.78 is 0. The number of hydrogen-bond donors (Lipinski definition) is 1. The number of nitrogens with zero attached hydrogens (tertiary/aromatic N) is 1. The van der Waals surface area contributed by atoms with Crippen LogP contribution < -0.4 is 5.32 Å². The van der Waals surface area contributed by atoms with Crippen molar-refractivity contribution in [2.45, 2.75) is 57.9 Å². The fourth-order valence-corrected chi connectivity index (χ4v) is 3.19. The van der Waals surface area contributed by atoms with Crippen LogP contribution in [-0.4, -0.2) is 36.5 Å². The van der Waals surface area contributed by atoms with Gasteiger partial charge >= 0.3 is 0 Å². The smallest absolute Gasteiger partial charge is 0.219 e. The molecule has 17 heavy (non-hydrogen) atoms. The first-order chi connectivity index (χ1) is 8.25. The molecule has 0 radical (unpaired) electrons. The topological polar surface area (TPSA) is 32.3 Å². The van der Waals surface area contributed by atoms with Crippen molar-refractivity contribution in [3.05, 3.63) is 0 Å². The number of nitrogens with one attached hydrogen (secondary N) is 1. The van der Waals surface area contributed by atoms with Gasteiger partial charge in [0.1, 0.15) is 0 Å². The Morgan fingerprint density at radius 3 is 2.41 bits per heavy atom. The monoisotopic (exact) mass is 238 g/mol. The molecule has 1 saturated heterocycles. The van der Waals surface area contributed by atoms with Crippen LogP contribution in [0.5, 0.6) is 0 Å². The van der Waals surface area contributed by atoms with Gasteiger partial charge in [0.2, 0.25) is 5.91 Å². The van der Waals surface area contributed by atoms with E-state index >= 15 is 0 Å². The van der Waals surface area contributed by atoms with Gasteiger partial charge in [-0.15, -0.1) is 0 Å². The summed E-state index contributed by atoms with van der Waals surface area (Å²) in [4.78, 5) is 13.2. The summed E-state index contributed by atoms with van der Waals surface area (Å²) in [5.41, 5.74) is 0. The summed E-state index contributed by atoms with van der Waals surface area (Å²) in [6.45, 7) is 4.73. The number of amides is 1. The number of carbonyl (C=O) groups is 1. The lowest BCUT2D eigenvalue weighted by atomic mass is 10.0. The van der Waals surface area contributed by atoms with Crippen LogP contribution in [0.1, 0.15) is 51.9 Å². The van der Waals surface area contributed by atoms with Gasteiger partial charge in [-0.2, -0.15) is 0 Å². The van der Waals surface area contributed by atoms with Crippen molar-refractivity contribution in [3.8, 4) is 0 Å². The minimum atomic E-state index is 0.231. The number of piperidine rings is 1. The van der Waals surface area contributed by atoms with E-state index in [9.17, 15) is 4.79 Å². The number of hydrogen-bond acceptors (Lipinski definition) is 2. The maximum Gasteiger partial charge on any atom is 0.219 e. The Morgan fingerprint density at radius 2 is 1.82 bits per heavy atom. The Kier molecular flexibility index (Phi) is 4.84. The predicted octanol–water partition coefficient (Wildman–Crippen LogP) is 2.17. The molecule has 1 aliphatic heterocycles. The molecule has 1 aliphatic carbocycles. The van der Waals surface area contributed by atoms with E-state index in [1.165, 1.54) is 38.6 Å². The first-order valence-corrected chi connectivity index (χ1v) is 7.24. The molecule has 2 rings (SSSR count). The highest BCUT2D eigenvalue weighted by Gasteiger charge is 2.20. The molecule has 1 amide bonds. The van der Waals surface area contributed by atoms with E-state index in [1.54, 1.807) is 6.92 Å². The normalized spacial score (nSPS) is 23.2. The highest BCUT2D eigenvalue weighted by atomic mass is 16.2. The Hall–Kier alpha value is -0.570. The molecule has 2 aliphatic rings. The molecule has 0 bridgehead atoms. The van der Waals surface area contributed by atoms with E-state index in [0.29, 0.717) is 6.04 Å². The van der Waals surface area contributed by atoms with Crippen LogP contribution in [0.15, 0.2) is 0 Å². The Labute approximate surface area is 105 Å². The number of rotatable bonds is 4. The fraction of sp³-hybridized carbons (Fsp3) is 0.929. The van der Waals surface area contributed by atoms with Crippen LogP contribution >= 0.6 is 0 Å².